The molecular formula is C20H39N3O6S. The number of hydrogen-bond acceptors (Lipinski definition) is 7. The van der Waals surface area contributed by atoms with Crippen molar-refractivity contribution >= 4 is 36.0 Å². The summed E-state index contributed by atoms with van der Waals surface area (Å²) in [5.74, 6) is -0.0928. The third kappa shape index (κ3) is 12.7. The van der Waals surface area contributed by atoms with Crippen LogP contribution in [0.4, 0.5) is 4.79 Å². The zero-order valence-corrected chi connectivity index (χ0v) is 20.6. The minimum atomic E-state index is -0.789. The van der Waals surface area contributed by atoms with Crippen molar-refractivity contribution in [3.63, 3.8) is 0 Å². The maximum Gasteiger partial charge on any atom is 0.410 e. The number of ether oxygens (including phenoxy) is 2. The average molecular weight is 450 g/mol. The number of thioether (sulfide) groups is 1. The van der Waals surface area contributed by atoms with E-state index in [4.69, 9.17) is 4.74 Å². The summed E-state index contributed by atoms with van der Waals surface area (Å²) in [4.78, 5) is 49.6. The summed E-state index contributed by atoms with van der Waals surface area (Å²) in [6, 6.07) is -0.789. The van der Waals surface area contributed by atoms with Crippen molar-refractivity contribution in [2.75, 3.05) is 40.1 Å². The second-order valence-electron chi connectivity index (χ2n) is 7.58. The van der Waals surface area contributed by atoms with E-state index in [0.29, 0.717) is 12.3 Å². The van der Waals surface area contributed by atoms with E-state index < -0.39 is 29.0 Å². The summed E-state index contributed by atoms with van der Waals surface area (Å²) >= 11 is 1.39. The Balaban J connectivity index is 0. The van der Waals surface area contributed by atoms with E-state index in [1.165, 1.54) is 35.0 Å². The standard InChI is InChI=1S/C15H25N3O5S.C3H8.C2H6O/c1-10(17(5)14(22)23-15(2,3)4)13(21)16-8-11(20)18-6-7-24-12(18)9-19;2*1-3-2/h9-10,12H,6-8H2,1-5H3,(H,16,21);3H2,1-2H3;1-2H3. The predicted molar refractivity (Wildman–Crippen MR) is 119 cm³/mol. The molecule has 0 aromatic heterocycles. The van der Waals surface area contributed by atoms with Gasteiger partial charge in [0, 0.05) is 33.6 Å². The minimum absolute atomic E-state index is 0.212. The van der Waals surface area contributed by atoms with Crippen molar-refractivity contribution in [1.82, 2.24) is 15.1 Å². The van der Waals surface area contributed by atoms with Crippen molar-refractivity contribution in [3.8, 4) is 0 Å². The van der Waals surface area contributed by atoms with Gasteiger partial charge in [0.15, 0.2) is 6.29 Å². The Morgan fingerprint density at radius 1 is 1.27 bits per heavy atom. The molecule has 0 saturated carbocycles. The molecule has 1 saturated heterocycles. The predicted octanol–water partition coefficient (Wildman–Crippen LogP) is 2.14. The maximum atomic E-state index is 12.1. The molecule has 1 aliphatic rings. The molecule has 2 unspecified atom stereocenters. The van der Waals surface area contributed by atoms with Crippen molar-refractivity contribution < 1.29 is 28.7 Å². The Morgan fingerprint density at radius 3 is 2.20 bits per heavy atom. The normalized spacial score (nSPS) is 16.2. The van der Waals surface area contributed by atoms with Gasteiger partial charge in [0.05, 0.1) is 6.54 Å². The van der Waals surface area contributed by atoms with Gasteiger partial charge >= 0.3 is 6.09 Å². The van der Waals surface area contributed by atoms with Crippen molar-refractivity contribution in [2.45, 2.75) is 65.0 Å². The van der Waals surface area contributed by atoms with Crippen LogP contribution >= 0.6 is 11.8 Å². The summed E-state index contributed by atoms with van der Waals surface area (Å²) < 4.78 is 9.45. The molecule has 30 heavy (non-hydrogen) atoms. The van der Waals surface area contributed by atoms with Crippen LogP contribution in [0.1, 0.15) is 48.0 Å². The van der Waals surface area contributed by atoms with E-state index in [1.807, 2.05) is 0 Å². The van der Waals surface area contributed by atoms with Gasteiger partial charge in [0.1, 0.15) is 17.0 Å². The number of hydrogen-bond donors (Lipinski definition) is 1. The molecule has 0 aromatic rings. The van der Waals surface area contributed by atoms with E-state index in [1.54, 1.807) is 41.9 Å². The first-order valence-electron chi connectivity index (χ1n) is 9.89. The summed E-state index contributed by atoms with van der Waals surface area (Å²) in [7, 11) is 4.71. The van der Waals surface area contributed by atoms with E-state index in [2.05, 4.69) is 23.9 Å². The summed E-state index contributed by atoms with van der Waals surface area (Å²) in [6.07, 6.45) is 1.35. The number of carbonyl (C=O) groups is 4. The number of rotatable bonds is 5. The van der Waals surface area contributed by atoms with Gasteiger partial charge in [-0.05, 0) is 27.7 Å². The van der Waals surface area contributed by atoms with Gasteiger partial charge in [-0.25, -0.2) is 4.79 Å². The second kappa shape index (κ2) is 16.0. The number of amides is 3. The van der Waals surface area contributed by atoms with Gasteiger partial charge < -0.3 is 24.5 Å². The molecule has 1 fully saturated rings. The highest BCUT2D eigenvalue weighted by atomic mass is 32.2. The molecule has 1 N–H and O–H groups in total. The topological polar surface area (TPSA) is 105 Å². The van der Waals surface area contributed by atoms with E-state index in [0.717, 1.165) is 6.29 Å². The average Bonchev–Trinajstić information content (AvgIpc) is 3.13. The lowest BCUT2D eigenvalue weighted by molar-refractivity contribution is -0.135. The maximum absolute atomic E-state index is 12.1. The van der Waals surface area contributed by atoms with Crippen molar-refractivity contribution in [2.24, 2.45) is 0 Å². The minimum Gasteiger partial charge on any atom is -0.444 e. The quantitative estimate of drug-likeness (QED) is 0.641. The van der Waals surface area contributed by atoms with Crippen LogP contribution in [0.15, 0.2) is 0 Å². The van der Waals surface area contributed by atoms with Crippen LogP contribution in [-0.2, 0) is 23.9 Å². The number of likely N-dealkylation sites (N-methyl/N-ethyl adjacent to an activating group) is 1. The Bertz CT molecular complexity index is 537. The molecule has 1 heterocycles. The lowest BCUT2D eigenvalue weighted by Crippen LogP contribution is -2.50. The van der Waals surface area contributed by atoms with Crippen LogP contribution in [-0.4, -0.2) is 91.1 Å². The fourth-order valence-electron chi connectivity index (χ4n) is 1.95. The fraction of sp³-hybridized carbons (Fsp3) is 0.800. The Morgan fingerprint density at radius 2 is 1.77 bits per heavy atom. The Labute approximate surface area is 185 Å². The van der Waals surface area contributed by atoms with Gasteiger partial charge in [0.2, 0.25) is 11.8 Å². The number of carbonyl (C=O) groups excluding carboxylic acids is 4. The zero-order valence-electron chi connectivity index (χ0n) is 19.8. The fourth-order valence-corrected chi connectivity index (χ4v) is 2.97. The molecule has 3 amide bonds. The molecule has 1 rings (SSSR count). The van der Waals surface area contributed by atoms with Crippen molar-refractivity contribution in [1.29, 1.82) is 0 Å². The molecule has 0 spiro atoms. The van der Waals surface area contributed by atoms with Crippen LogP contribution in [0.2, 0.25) is 0 Å². The van der Waals surface area contributed by atoms with Crippen LogP contribution in [0.25, 0.3) is 0 Å². The lowest BCUT2D eigenvalue weighted by atomic mass is 10.2. The summed E-state index contributed by atoms with van der Waals surface area (Å²) in [5.41, 5.74) is -0.658. The summed E-state index contributed by atoms with van der Waals surface area (Å²) in [6.45, 7) is 11.3. The van der Waals surface area contributed by atoms with Gasteiger partial charge in [-0.2, -0.15) is 0 Å². The third-order valence-corrected chi connectivity index (χ3v) is 4.55. The monoisotopic (exact) mass is 449 g/mol. The highest BCUT2D eigenvalue weighted by Gasteiger charge is 2.30. The molecule has 0 aromatic carbocycles. The Kier molecular flexibility index (Phi) is 16.2. The first kappa shape index (κ1) is 30.4. The number of nitrogens with one attached hydrogen (secondary N) is 1. The molecule has 2 atom stereocenters. The summed E-state index contributed by atoms with van der Waals surface area (Å²) in [5, 5.41) is 2.01. The SMILES string of the molecule is CC(C(=O)NCC(=O)N1CCSC1C=O)N(C)C(=O)OC(C)(C)C.CCC.COC. The molecule has 176 valence electrons. The van der Waals surface area contributed by atoms with E-state index >= 15 is 0 Å². The molecule has 0 aliphatic carbocycles. The first-order chi connectivity index (χ1) is 13.9. The highest BCUT2D eigenvalue weighted by molar-refractivity contribution is 8.00. The van der Waals surface area contributed by atoms with Gasteiger partial charge in [-0.3, -0.25) is 14.5 Å². The van der Waals surface area contributed by atoms with E-state index in [9.17, 15) is 19.2 Å². The van der Waals surface area contributed by atoms with Gasteiger partial charge in [-0.1, -0.05) is 20.3 Å². The van der Waals surface area contributed by atoms with E-state index in [-0.39, 0.29) is 12.5 Å². The number of methoxy groups -OCH3 is 1. The van der Waals surface area contributed by atoms with Crippen LogP contribution in [0.3, 0.4) is 0 Å². The molecule has 1 aliphatic heterocycles. The molecule has 0 radical (unpaired) electrons. The second-order valence-corrected chi connectivity index (χ2v) is 8.81. The van der Waals surface area contributed by atoms with Gasteiger partial charge in [0.25, 0.3) is 0 Å². The lowest BCUT2D eigenvalue weighted by Gasteiger charge is -2.28. The third-order valence-electron chi connectivity index (χ3n) is 3.42. The largest absolute Gasteiger partial charge is 0.444 e. The van der Waals surface area contributed by atoms with Gasteiger partial charge in [-0.15, -0.1) is 11.8 Å². The molecular weight excluding hydrogens is 410 g/mol. The van der Waals surface area contributed by atoms with Crippen molar-refractivity contribution in [3.05, 3.63) is 0 Å². The number of aldehydes is 1. The Hall–Kier alpha value is -1.81. The van der Waals surface area contributed by atoms with Crippen LogP contribution < -0.4 is 5.32 Å². The first-order valence-corrected chi connectivity index (χ1v) is 10.9. The molecule has 10 heteroatoms. The number of nitrogens with zero attached hydrogens (tertiary/aromatic N) is 2. The molecule has 9 nitrogen and oxygen atoms in total. The van der Waals surface area contributed by atoms with Crippen LogP contribution in [0, 0.1) is 0 Å². The smallest absolute Gasteiger partial charge is 0.410 e. The highest BCUT2D eigenvalue weighted by Crippen LogP contribution is 2.21. The van der Waals surface area contributed by atoms with Crippen LogP contribution in [0.5, 0.6) is 0 Å². The zero-order chi connectivity index (χ0) is 23.9. The molecule has 0 bridgehead atoms.